The Morgan fingerprint density at radius 2 is 2.19 bits per heavy atom. The highest BCUT2D eigenvalue weighted by Crippen LogP contribution is 2.24. The van der Waals surface area contributed by atoms with Crippen molar-refractivity contribution in [1.82, 2.24) is 4.98 Å². The predicted molar refractivity (Wildman–Crippen MR) is 81.8 cm³/mol. The van der Waals surface area contributed by atoms with E-state index in [2.05, 4.69) is 10.1 Å². The molecule has 1 heterocycles. The Morgan fingerprint density at radius 1 is 1.38 bits per heavy atom. The topological polar surface area (TPSA) is 84.0 Å². The van der Waals surface area contributed by atoms with E-state index in [1.807, 2.05) is 42.3 Å². The largest absolute Gasteiger partial charge is 0.493 e. The summed E-state index contributed by atoms with van der Waals surface area (Å²) in [6.45, 7) is 0.625. The Bertz CT molecular complexity index is 643. The molecule has 6 heteroatoms. The number of nitrogens with two attached hydrogens (primary N) is 1. The maximum absolute atomic E-state index is 8.73. The first kappa shape index (κ1) is 14.6. The highest BCUT2D eigenvalue weighted by atomic mass is 16.5. The molecule has 21 heavy (non-hydrogen) atoms. The van der Waals surface area contributed by atoms with Crippen LogP contribution in [0.5, 0.6) is 5.75 Å². The molecule has 0 saturated heterocycles. The molecule has 0 fully saturated rings. The summed E-state index contributed by atoms with van der Waals surface area (Å²) in [4.78, 5) is 6.31. The standard InChI is InChI=1S/C15H18N4O2/c1-19(15-13(21-2)7-4-8-17-15)10-11-5-3-6-12(9-11)14(16)18-20/h3-9,20H,10H2,1-2H3,(H2,16,18). The lowest BCUT2D eigenvalue weighted by Crippen LogP contribution is -2.19. The third-order valence-corrected chi connectivity index (χ3v) is 3.08. The van der Waals surface area contributed by atoms with E-state index in [9.17, 15) is 0 Å². The van der Waals surface area contributed by atoms with E-state index >= 15 is 0 Å². The molecule has 6 nitrogen and oxygen atoms in total. The number of hydrogen-bond donors (Lipinski definition) is 2. The first-order chi connectivity index (χ1) is 10.2. The molecule has 1 aromatic heterocycles. The zero-order valence-electron chi connectivity index (χ0n) is 12.0. The molecule has 0 atom stereocenters. The van der Waals surface area contributed by atoms with Gasteiger partial charge in [0.1, 0.15) is 0 Å². The summed E-state index contributed by atoms with van der Waals surface area (Å²) >= 11 is 0. The summed E-state index contributed by atoms with van der Waals surface area (Å²) in [6, 6.07) is 11.2. The maximum atomic E-state index is 8.73. The number of anilines is 1. The molecule has 0 aliphatic heterocycles. The molecule has 2 rings (SSSR count). The smallest absolute Gasteiger partial charge is 0.171 e. The molecule has 0 spiro atoms. The number of pyridine rings is 1. The van der Waals surface area contributed by atoms with E-state index < -0.39 is 0 Å². The molecule has 1 aromatic carbocycles. The van der Waals surface area contributed by atoms with Gasteiger partial charge in [-0.15, -0.1) is 0 Å². The van der Waals surface area contributed by atoms with Gasteiger partial charge in [0.05, 0.1) is 7.11 Å². The van der Waals surface area contributed by atoms with Crippen LogP contribution in [0.15, 0.2) is 47.8 Å². The van der Waals surface area contributed by atoms with Crippen molar-refractivity contribution < 1.29 is 9.94 Å². The van der Waals surface area contributed by atoms with Gasteiger partial charge in [-0.05, 0) is 23.8 Å². The van der Waals surface area contributed by atoms with Gasteiger partial charge in [0.15, 0.2) is 17.4 Å². The monoisotopic (exact) mass is 286 g/mol. The number of aromatic nitrogens is 1. The van der Waals surface area contributed by atoms with Crippen LogP contribution < -0.4 is 15.4 Å². The van der Waals surface area contributed by atoms with Gasteiger partial charge in [-0.3, -0.25) is 0 Å². The molecule has 110 valence electrons. The first-order valence-electron chi connectivity index (χ1n) is 6.42. The molecule has 2 aromatic rings. The van der Waals surface area contributed by atoms with Crippen molar-refractivity contribution in [1.29, 1.82) is 0 Å². The van der Waals surface area contributed by atoms with Crippen molar-refractivity contribution in [3.05, 3.63) is 53.7 Å². The fourth-order valence-corrected chi connectivity index (χ4v) is 2.06. The van der Waals surface area contributed by atoms with Gasteiger partial charge < -0.3 is 20.6 Å². The Balaban J connectivity index is 2.21. The maximum Gasteiger partial charge on any atom is 0.171 e. The summed E-state index contributed by atoms with van der Waals surface area (Å²) in [5.41, 5.74) is 7.30. The van der Waals surface area contributed by atoms with Crippen LogP contribution in [0.2, 0.25) is 0 Å². The van der Waals surface area contributed by atoms with Crippen LogP contribution in [-0.2, 0) is 6.54 Å². The van der Waals surface area contributed by atoms with E-state index in [-0.39, 0.29) is 5.84 Å². The fraction of sp³-hybridized carbons (Fsp3) is 0.200. The Kier molecular flexibility index (Phi) is 4.61. The minimum atomic E-state index is 0.0925. The van der Waals surface area contributed by atoms with Gasteiger partial charge >= 0.3 is 0 Å². The van der Waals surface area contributed by atoms with Crippen LogP contribution >= 0.6 is 0 Å². The number of nitrogens with zero attached hydrogens (tertiary/aromatic N) is 3. The van der Waals surface area contributed by atoms with Crippen molar-refractivity contribution in [2.45, 2.75) is 6.54 Å². The lowest BCUT2D eigenvalue weighted by Gasteiger charge is -2.20. The molecular weight excluding hydrogens is 268 g/mol. The van der Waals surface area contributed by atoms with Crippen LogP contribution in [-0.4, -0.2) is 30.2 Å². The van der Waals surface area contributed by atoms with Gasteiger partial charge in [-0.1, -0.05) is 23.4 Å². The van der Waals surface area contributed by atoms with Crippen LogP contribution in [0.1, 0.15) is 11.1 Å². The van der Waals surface area contributed by atoms with Crippen molar-refractivity contribution in [3.63, 3.8) is 0 Å². The summed E-state index contributed by atoms with van der Waals surface area (Å²) in [5, 5.41) is 11.7. The second-order valence-electron chi connectivity index (χ2n) is 4.57. The molecule has 0 unspecified atom stereocenters. The van der Waals surface area contributed by atoms with E-state index in [0.29, 0.717) is 17.9 Å². The Labute approximate surface area is 123 Å². The third-order valence-electron chi connectivity index (χ3n) is 3.08. The van der Waals surface area contributed by atoms with Crippen LogP contribution in [0.3, 0.4) is 0 Å². The van der Waals surface area contributed by atoms with Gasteiger partial charge in [0.25, 0.3) is 0 Å². The van der Waals surface area contributed by atoms with Gasteiger partial charge in [0, 0.05) is 25.4 Å². The second kappa shape index (κ2) is 6.60. The van der Waals surface area contributed by atoms with Crippen LogP contribution in [0.25, 0.3) is 0 Å². The number of amidine groups is 1. The normalized spacial score (nSPS) is 11.2. The molecule has 0 bridgehead atoms. The SMILES string of the molecule is COc1cccnc1N(C)Cc1cccc(/C(N)=N/O)c1. The molecular formula is C15H18N4O2. The number of oxime groups is 1. The van der Waals surface area contributed by atoms with Crippen LogP contribution in [0, 0.1) is 0 Å². The molecule has 0 saturated carbocycles. The Hall–Kier alpha value is -2.76. The van der Waals surface area contributed by atoms with Gasteiger partial charge in [-0.2, -0.15) is 0 Å². The fourth-order valence-electron chi connectivity index (χ4n) is 2.06. The van der Waals surface area contributed by atoms with Gasteiger partial charge in [0.2, 0.25) is 0 Å². The zero-order valence-corrected chi connectivity index (χ0v) is 12.0. The zero-order chi connectivity index (χ0) is 15.2. The van der Waals surface area contributed by atoms with Crippen molar-refractivity contribution in [2.24, 2.45) is 10.9 Å². The highest BCUT2D eigenvalue weighted by molar-refractivity contribution is 5.97. The summed E-state index contributed by atoms with van der Waals surface area (Å²) in [6.07, 6.45) is 1.72. The second-order valence-corrected chi connectivity index (χ2v) is 4.57. The van der Waals surface area contributed by atoms with Crippen molar-refractivity contribution in [3.8, 4) is 5.75 Å². The highest BCUT2D eigenvalue weighted by Gasteiger charge is 2.10. The number of methoxy groups -OCH3 is 1. The van der Waals surface area contributed by atoms with Crippen LogP contribution in [0.4, 0.5) is 5.82 Å². The number of rotatable bonds is 5. The molecule has 0 amide bonds. The minimum Gasteiger partial charge on any atom is -0.493 e. The van der Waals surface area contributed by atoms with Crippen molar-refractivity contribution in [2.75, 3.05) is 19.1 Å². The Morgan fingerprint density at radius 3 is 2.90 bits per heavy atom. The number of ether oxygens (including phenoxy) is 1. The van der Waals surface area contributed by atoms with Crippen molar-refractivity contribution >= 4 is 11.7 Å². The summed E-state index contributed by atoms with van der Waals surface area (Å²) < 4.78 is 5.31. The number of benzene rings is 1. The van der Waals surface area contributed by atoms with E-state index in [4.69, 9.17) is 15.7 Å². The van der Waals surface area contributed by atoms with E-state index in [1.165, 1.54) is 0 Å². The lowest BCUT2D eigenvalue weighted by atomic mass is 10.1. The first-order valence-corrected chi connectivity index (χ1v) is 6.42. The molecule has 0 aliphatic carbocycles. The molecule has 3 N–H and O–H groups in total. The summed E-state index contributed by atoms with van der Waals surface area (Å²) in [5.74, 6) is 1.57. The summed E-state index contributed by atoms with van der Waals surface area (Å²) in [7, 11) is 3.55. The average Bonchev–Trinajstić information content (AvgIpc) is 2.54. The van der Waals surface area contributed by atoms with E-state index in [0.717, 1.165) is 11.4 Å². The lowest BCUT2D eigenvalue weighted by molar-refractivity contribution is 0.318. The minimum absolute atomic E-state index is 0.0925. The molecule has 0 aliphatic rings. The van der Waals surface area contributed by atoms with Gasteiger partial charge in [-0.25, -0.2) is 4.98 Å². The van der Waals surface area contributed by atoms with E-state index in [1.54, 1.807) is 19.4 Å². The number of hydrogen-bond acceptors (Lipinski definition) is 5. The third kappa shape index (κ3) is 3.42. The molecule has 0 radical (unpaired) electrons. The quantitative estimate of drug-likeness (QED) is 0.379. The average molecular weight is 286 g/mol. The predicted octanol–water partition coefficient (Wildman–Crippen LogP) is 1.82.